The lowest BCUT2D eigenvalue weighted by Crippen LogP contribution is -2.62. The molecule has 1 aliphatic carbocycles. The van der Waals surface area contributed by atoms with Gasteiger partial charge < -0.3 is 14.9 Å². The van der Waals surface area contributed by atoms with Crippen LogP contribution in [0, 0.1) is 5.41 Å². The van der Waals surface area contributed by atoms with E-state index in [1.54, 1.807) is 6.34 Å². The Hall–Kier alpha value is -1.98. The first kappa shape index (κ1) is 19.8. The number of aliphatic imine (C=N–C) groups is 1. The van der Waals surface area contributed by atoms with Crippen molar-refractivity contribution < 1.29 is 9.90 Å². The summed E-state index contributed by atoms with van der Waals surface area (Å²) in [5.41, 5.74) is 0.823. The number of nitrogens with zero attached hydrogens (tertiary/aromatic N) is 3. The largest absolute Gasteiger partial charge is 0.387 e. The van der Waals surface area contributed by atoms with Gasteiger partial charge in [0.15, 0.2) is 0 Å². The predicted octanol–water partition coefficient (Wildman–Crippen LogP) is 2.81. The minimum atomic E-state index is -0.696. The number of carbonyl (C=O) groups is 1. The normalized spacial score (nSPS) is 26.0. The van der Waals surface area contributed by atoms with Crippen molar-refractivity contribution in [1.29, 1.82) is 0 Å². The molecule has 1 aliphatic heterocycles. The number of carbonyl (C=O) groups excluding carboxylic acids is 1. The molecule has 1 aromatic rings. The van der Waals surface area contributed by atoms with Gasteiger partial charge in [0.05, 0.1) is 17.6 Å². The van der Waals surface area contributed by atoms with E-state index in [1.807, 2.05) is 42.3 Å². The smallest absolute Gasteiger partial charge is 0.145 e. The molecule has 5 nitrogen and oxygen atoms in total. The highest BCUT2D eigenvalue weighted by molar-refractivity contribution is 5.83. The molecule has 2 fully saturated rings. The van der Waals surface area contributed by atoms with Crippen LogP contribution in [0.25, 0.3) is 5.70 Å². The molecule has 146 valence electrons. The highest BCUT2D eigenvalue weighted by Gasteiger charge is 2.54. The van der Waals surface area contributed by atoms with Gasteiger partial charge in [-0.2, -0.15) is 0 Å². The molecule has 0 aromatic heterocycles. The number of likely N-dealkylation sites (tertiary alicyclic amines) is 1. The van der Waals surface area contributed by atoms with Gasteiger partial charge in [-0.25, -0.2) is 4.99 Å². The lowest BCUT2D eigenvalue weighted by atomic mass is 9.66. The van der Waals surface area contributed by atoms with Gasteiger partial charge in [0.2, 0.25) is 0 Å². The van der Waals surface area contributed by atoms with Crippen molar-refractivity contribution in [3.8, 4) is 0 Å². The molecule has 1 unspecified atom stereocenters. The maximum Gasteiger partial charge on any atom is 0.145 e. The SMILES string of the molecule is CN(C=N/C(=C\C=O)c1ccccc1)CC1(O)CCN(C)CC12CCCC2. The Morgan fingerprint density at radius 3 is 2.63 bits per heavy atom. The van der Waals surface area contributed by atoms with Gasteiger partial charge in [-0.3, -0.25) is 4.79 Å². The van der Waals surface area contributed by atoms with Crippen LogP contribution in [0.1, 0.15) is 37.7 Å². The number of aldehydes is 1. The standard InChI is InChI=1S/C22H31N3O2/c1-24-14-13-22(27,21(16-24)11-6-7-12-21)17-25(2)18-23-20(10-15-26)19-8-4-3-5-9-19/h3-5,8-10,15,18,27H,6-7,11-14,16-17H2,1-2H3/b20-10-,23-18?. The quantitative estimate of drug-likeness (QED) is 0.363. The molecule has 1 saturated heterocycles. The van der Waals surface area contributed by atoms with Crippen molar-refractivity contribution in [2.75, 3.05) is 33.7 Å². The van der Waals surface area contributed by atoms with E-state index in [0.717, 1.165) is 44.2 Å². The maximum atomic E-state index is 11.6. The van der Waals surface area contributed by atoms with E-state index in [1.165, 1.54) is 18.9 Å². The summed E-state index contributed by atoms with van der Waals surface area (Å²) in [7, 11) is 4.10. The highest BCUT2D eigenvalue weighted by atomic mass is 16.3. The Kier molecular flexibility index (Phi) is 6.12. The lowest BCUT2D eigenvalue weighted by molar-refractivity contribution is -0.134. The zero-order valence-electron chi connectivity index (χ0n) is 16.5. The first-order chi connectivity index (χ1) is 13.0. The number of hydrogen-bond acceptors (Lipinski definition) is 4. The van der Waals surface area contributed by atoms with E-state index in [9.17, 15) is 9.90 Å². The third kappa shape index (κ3) is 4.30. The predicted molar refractivity (Wildman–Crippen MR) is 110 cm³/mol. The van der Waals surface area contributed by atoms with Crippen molar-refractivity contribution in [3.05, 3.63) is 42.0 Å². The number of benzene rings is 1. The fraction of sp³-hybridized carbons (Fsp3) is 0.545. The molecule has 0 amide bonds. The van der Waals surface area contributed by atoms with Gasteiger partial charge in [-0.15, -0.1) is 0 Å². The van der Waals surface area contributed by atoms with E-state index in [-0.39, 0.29) is 5.41 Å². The third-order valence-corrected chi connectivity index (χ3v) is 6.23. The molecular formula is C22H31N3O2. The Balaban J connectivity index is 1.73. The monoisotopic (exact) mass is 369 g/mol. The summed E-state index contributed by atoms with van der Waals surface area (Å²) < 4.78 is 0. The minimum absolute atomic E-state index is 0.0109. The van der Waals surface area contributed by atoms with E-state index >= 15 is 0 Å². The molecule has 1 saturated carbocycles. The molecule has 0 radical (unpaired) electrons. The molecular weight excluding hydrogens is 338 g/mol. The zero-order chi connectivity index (χ0) is 19.3. The lowest BCUT2D eigenvalue weighted by Gasteiger charge is -2.52. The van der Waals surface area contributed by atoms with Crippen molar-refractivity contribution in [3.63, 3.8) is 0 Å². The Bertz CT molecular complexity index is 695. The summed E-state index contributed by atoms with van der Waals surface area (Å²) in [6, 6.07) is 9.67. The Morgan fingerprint density at radius 2 is 1.96 bits per heavy atom. The average molecular weight is 370 g/mol. The minimum Gasteiger partial charge on any atom is -0.387 e. The number of allylic oxidation sites excluding steroid dienone is 1. The fourth-order valence-electron chi connectivity index (χ4n) is 4.81. The van der Waals surface area contributed by atoms with Crippen molar-refractivity contribution in [2.24, 2.45) is 10.4 Å². The molecule has 1 atom stereocenters. The highest BCUT2D eigenvalue weighted by Crippen LogP contribution is 2.50. The second-order valence-electron chi connectivity index (χ2n) is 8.22. The van der Waals surface area contributed by atoms with Crippen molar-refractivity contribution in [2.45, 2.75) is 37.7 Å². The van der Waals surface area contributed by atoms with E-state index in [2.05, 4.69) is 16.9 Å². The first-order valence-corrected chi connectivity index (χ1v) is 9.84. The number of likely N-dealkylation sites (N-methyl/N-ethyl adjacent to an activating group) is 1. The van der Waals surface area contributed by atoms with Gasteiger partial charge >= 0.3 is 0 Å². The van der Waals surface area contributed by atoms with Crippen LogP contribution in [0.5, 0.6) is 0 Å². The summed E-state index contributed by atoms with van der Waals surface area (Å²) in [5, 5.41) is 11.6. The number of aliphatic hydroxyl groups is 1. The molecule has 5 heteroatoms. The second kappa shape index (κ2) is 8.36. The molecule has 2 aliphatic rings. The van der Waals surface area contributed by atoms with Crippen molar-refractivity contribution >= 4 is 18.3 Å². The number of rotatable bonds is 6. The summed E-state index contributed by atoms with van der Waals surface area (Å²) >= 11 is 0. The fourth-order valence-corrected chi connectivity index (χ4v) is 4.81. The van der Waals surface area contributed by atoms with E-state index < -0.39 is 5.60 Å². The number of hydrogen-bond donors (Lipinski definition) is 1. The zero-order valence-corrected chi connectivity index (χ0v) is 16.5. The number of piperidine rings is 1. The molecule has 0 bridgehead atoms. The topological polar surface area (TPSA) is 56.1 Å². The second-order valence-corrected chi connectivity index (χ2v) is 8.22. The third-order valence-electron chi connectivity index (χ3n) is 6.23. The van der Waals surface area contributed by atoms with E-state index in [4.69, 9.17) is 0 Å². The Morgan fingerprint density at radius 1 is 1.26 bits per heavy atom. The van der Waals surface area contributed by atoms with Crippen LogP contribution in [0.15, 0.2) is 41.4 Å². The molecule has 1 spiro atoms. The summed E-state index contributed by atoms with van der Waals surface area (Å²) in [6.07, 6.45) is 9.36. The van der Waals surface area contributed by atoms with Gasteiger partial charge in [0.25, 0.3) is 0 Å². The molecule has 27 heavy (non-hydrogen) atoms. The van der Waals surface area contributed by atoms with Crippen LogP contribution in [0.2, 0.25) is 0 Å². The van der Waals surface area contributed by atoms with Gasteiger partial charge in [0, 0.05) is 43.7 Å². The first-order valence-electron chi connectivity index (χ1n) is 9.84. The van der Waals surface area contributed by atoms with Crippen LogP contribution in [-0.4, -0.2) is 66.9 Å². The van der Waals surface area contributed by atoms with Crippen LogP contribution >= 0.6 is 0 Å². The van der Waals surface area contributed by atoms with Crippen LogP contribution < -0.4 is 0 Å². The van der Waals surface area contributed by atoms with E-state index in [0.29, 0.717) is 12.2 Å². The summed E-state index contributed by atoms with van der Waals surface area (Å²) in [4.78, 5) is 19.8. The molecule has 1 heterocycles. The molecule has 1 aromatic carbocycles. The summed E-state index contributed by atoms with van der Waals surface area (Å²) in [5.74, 6) is 0. The van der Waals surface area contributed by atoms with Gasteiger partial charge in [-0.1, -0.05) is 43.2 Å². The van der Waals surface area contributed by atoms with Crippen LogP contribution in [0.3, 0.4) is 0 Å². The molecule has 1 N–H and O–H groups in total. The summed E-state index contributed by atoms with van der Waals surface area (Å²) in [6.45, 7) is 2.45. The average Bonchev–Trinajstić information content (AvgIpc) is 3.13. The Labute approximate surface area is 162 Å². The molecule has 3 rings (SSSR count). The van der Waals surface area contributed by atoms with Crippen LogP contribution in [0.4, 0.5) is 0 Å². The maximum absolute atomic E-state index is 11.6. The van der Waals surface area contributed by atoms with Gasteiger partial charge in [0.1, 0.15) is 6.29 Å². The van der Waals surface area contributed by atoms with Gasteiger partial charge in [-0.05, 0) is 26.3 Å². The van der Waals surface area contributed by atoms with Crippen LogP contribution in [-0.2, 0) is 4.79 Å². The van der Waals surface area contributed by atoms with Crippen molar-refractivity contribution in [1.82, 2.24) is 9.80 Å².